The lowest BCUT2D eigenvalue weighted by molar-refractivity contribution is 0.0963. The van der Waals surface area contributed by atoms with Crippen molar-refractivity contribution in [2.75, 3.05) is 31.6 Å². The number of benzene rings is 2. The molecular weight excluding hydrogens is 466 g/mol. The van der Waals surface area contributed by atoms with Gasteiger partial charge in [0.15, 0.2) is 5.82 Å². The van der Waals surface area contributed by atoms with E-state index in [0.717, 1.165) is 32.4 Å². The molecule has 8 nitrogen and oxygen atoms in total. The van der Waals surface area contributed by atoms with Crippen LogP contribution >= 0.6 is 0 Å². The smallest absolute Gasteiger partial charge is 0.251 e. The fraction of sp³-hybridized carbons (Fsp3) is 0.345. The number of amides is 1. The van der Waals surface area contributed by atoms with Gasteiger partial charge in [0.1, 0.15) is 23.7 Å². The highest BCUT2D eigenvalue weighted by Gasteiger charge is 2.46. The van der Waals surface area contributed by atoms with E-state index in [9.17, 15) is 9.90 Å². The van der Waals surface area contributed by atoms with E-state index >= 15 is 0 Å². The van der Waals surface area contributed by atoms with E-state index in [1.54, 1.807) is 37.5 Å². The number of hydrogen-bond acceptors (Lipinski definition) is 7. The molecule has 2 aliphatic rings. The van der Waals surface area contributed by atoms with Crippen molar-refractivity contribution in [1.82, 2.24) is 15.3 Å². The summed E-state index contributed by atoms with van der Waals surface area (Å²) in [4.78, 5) is 23.0. The van der Waals surface area contributed by atoms with E-state index in [-0.39, 0.29) is 30.6 Å². The zero-order chi connectivity index (χ0) is 25.8. The summed E-state index contributed by atoms with van der Waals surface area (Å²) < 4.78 is 5.63. The molecule has 1 amide bonds. The topological polar surface area (TPSA) is 114 Å². The van der Waals surface area contributed by atoms with Crippen LogP contribution in [0.1, 0.15) is 51.8 Å². The van der Waals surface area contributed by atoms with Gasteiger partial charge in [-0.1, -0.05) is 30.2 Å². The van der Waals surface area contributed by atoms with Crippen LogP contribution in [-0.2, 0) is 13.0 Å². The van der Waals surface area contributed by atoms with Crippen LogP contribution in [0.25, 0.3) is 0 Å². The zero-order valence-corrected chi connectivity index (χ0v) is 20.9. The number of fused-ring (bicyclic) bond motifs is 1. The minimum atomic E-state index is -0.210. The molecule has 4 N–H and O–H groups in total. The van der Waals surface area contributed by atoms with Gasteiger partial charge in [0.05, 0.1) is 12.8 Å². The zero-order valence-electron chi connectivity index (χ0n) is 20.9. The Morgan fingerprint density at radius 1 is 1.22 bits per heavy atom. The molecule has 2 heterocycles. The Kier molecular flexibility index (Phi) is 7.08. The molecule has 1 atom stereocenters. The van der Waals surface area contributed by atoms with Gasteiger partial charge < -0.3 is 25.8 Å². The maximum absolute atomic E-state index is 11.6. The quantitative estimate of drug-likeness (QED) is 0.465. The van der Waals surface area contributed by atoms with Crippen LogP contribution in [0.15, 0.2) is 54.7 Å². The van der Waals surface area contributed by atoms with Crippen molar-refractivity contribution in [2.24, 2.45) is 11.1 Å². The number of nitrogens with zero attached hydrogens (tertiary/aromatic N) is 3. The molecule has 190 valence electrons. The normalized spacial score (nSPS) is 17.6. The summed E-state index contributed by atoms with van der Waals surface area (Å²) in [7, 11) is 1.59. The van der Waals surface area contributed by atoms with Crippen molar-refractivity contribution in [3.8, 4) is 17.6 Å². The number of aliphatic hydroxyl groups is 1. The Morgan fingerprint density at radius 3 is 2.68 bits per heavy atom. The molecule has 0 bridgehead atoms. The Balaban J connectivity index is 1.20. The minimum absolute atomic E-state index is 0.0582. The summed E-state index contributed by atoms with van der Waals surface area (Å²) in [5.41, 5.74) is 11.0. The number of hydrogen-bond donors (Lipinski definition) is 3. The van der Waals surface area contributed by atoms with E-state index in [1.165, 1.54) is 11.1 Å². The van der Waals surface area contributed by atoms with Crippen LogP contribution in [-0.4, -0.2) is 47.7 Å². The lowest BCUT2D eigenvalue weighted by Gasteiger charge is -2.42. The van der Waals surface area contributed by atoms with E-state index in [2.05, 4.69) is 56.3 Å². The second kappa shape index (κ2) is 10.6. The van der Waals surface area contributed by atoms with Gasteiger partial charge in [-0.2, -0.15) is 0 Å². The third-order valence-electron chi connectivity index (χ3n) is 7.49. The number of aromatic nitrogens is 2. The van der Waals surface area contributed by atoms with Gasteiger partial charge in [0.2, 0.25) is 0 Å². The summed E-state index contributed by atoms with van der Waals surface area (Å²) in [6, 6.07) is 15.4. The van der Waals surface area contributed by atoms with Crippen LogP contribution in [0.4, 0.5) is 5.82 Å². The number of nitrogens with one attached hydrogen (secondary N) is 1. The Labute approximate surface area is 216 Å². The molecule has 37 heavy (non-hydrogen) atoms. The largest absolute Gasteiger partial charge is 0.481 e. The van der Waals surface area contributed by atoms with Crippen molar-refractivity contribution in [3.63, 3.8) is 0 Å². The summed E-state index contributed by atoms with van der Waals surface area (Å²) in [5, 5.41) is 12.6. The molecule has 0 saturated carbocycles. The highest BCUT2D eigenvalue weighted by molar-refractivity contribution is 5.94. The van der Waals surface area contributed by atoms with Gasteiger partial charge in [-0.3, -0.25) is 4.79 Å². The Hall–Kier alpha value is -3.93. The summed E-state index contributed by atoms with van der Waals surface area (Å²) in [6.07, 6.45) is 4.60. The standard InChI is InChI=1S/C29H31N5O3/c1-31-28(36)20-8-10-23(11-9-20)37-16-4-6-22-18-32-27(25(19-35)33-22)34-14-12-29(13-15-34)17-21-5-2-3-7-24(21)26(29)30/h2-3,5,7-11,18,26,35H,12-17,19,30H2,1H3,(H,31,36)/t26-/m1/s1. The monoisotopic (exact) mass is 497 g/mol. The van der Waals surface area contributed by atoms with Gasteiger partial charge in [-0.05, 0) is 66.0 Å². The van der Waals surface area contributed by atoms with Crippen LogP contribution in [0.2, 0.25) is 0 Å². The van der Waals surface area contributed by atoms with E-state index in [4.69, 9.17) is 10.5 Å². The first-order valence-electron chi connectivity index (χ1n) is 12.5. The van der Waals surface area contributed by atoms with Gasteiger partial charge in [-0.25, -0.2) is 9.97 Å². The lowest BCUT2D eigenvalue weighted by atomic mass is 9.73. The maximum atomic E-state index is 11.6. The molecule has 8 heteroatoms. The lowest BCUT2D eigenvalue weighted by Crippen LogP contribution is -2.45. The number of aliphatic hydroxyl groups excluding tert-OH is 1. The molecule has 0 radical (unpaired) electrons. The average molecular weight is 498 g/mol. The number of carbonyl (C=O) groups is 1. The first-order chi connectivity index (χ1) is 18.0. The third kappa shape index (κ3) is 5.01. The predicted molar refractivity (Wildman–Crippen MR) is 141 cm³/mol. The molecule has 1 aromatic heterocycles. The third-order valence-corrected chi connectivity index (χ3v) is 7.49. The fourth-order valence-electron chi connectivity index (χ4n) is 5.41. The molecule has 1 aliphatic heterocycles. The van der Waals surface area contributed by atoms with E-state index in [1.807, 2.05) is 0 Å². The highest BCUT2D eigenvalue weighted by atomic mass is 16.5. The first-order valence-corrected chi connectivity index (χ1v) is 12.5. The maximum Gasteiger partial charge on any atom is 0.251 e. The molecular formula is C29H31N5O3. The highest BCUT2D eigenvalue weighted by Crippen LogP contribution is 2.50. The van der Waals surface area contributed by atoms with Crippen molar-refractivity contribution in [1.29, 1.82) is 0 Å². The van der Waals surface area contributed by atoms with Crippen molar-refractivity contribution in [3.05, 3.63) is 82.8 Å². The van der Waals surface area contributed by atoms with Crippen molar-refractivity contribution >= 4 is 11.7 Å². The number of piperidine rings is 1. The average Bonchev–Trinajstić information content (AvgIpc) is 3.22. The van der Waals surface area contributed by atoms with Crippen molar-refractivity contribution in [2.45, 2.75) is 31.9 Å². The molecule has 1 aliphatic carbocycles. The Bertz CT molecular complexity index is 1340. The van der Waals surface area contributed by atoms with Gasteiger partial charge in [-0.15, -0.1) is 0 Å². The van der Waals surface area contributed by atoms with E-state index < -0.39 is 0 Å². The molecule has 1 saturated heterocycles. The minimum Gasteiger partial charge on any atom is -0.481 e. The molecule has 1 fully saturated rings. The summed E-state index contributed by atoms with van der Waals surface area (Å²) >= 11 is 0. The number of ether oxygens (including phenoxy) is 1. The van der Waals surface area contributed by atoms with Gasteiger partial charge in [0, 0.05) is 31.7 Å². The second-order valence-electron chi connectivity index (χ2n) is 9.58. The number of rotatable bonds is 5. The molecule has 1 spiro atoms. The summed E-state index contributed by atoms with van der Waals surface area (Å²) in [5.74, 6) is 7.06. The number of carbonyl (C=O) groups excluding carboxylic acids is 1. The molecule has 3 aromatic rings. The number of nitrogens with two attached hydrogens (primary N) is 1. The second-order valence-corrected chi connectivity index (χ2v) is 9.58. The van der Waals surface area contributed by atoms with Crippen LogP contribution in [0.5, 0.6) is 5.75 Å². The summed E-state index contributed by atoms with van der Waals surface area (Å²) in [6.45, 7) is 1.59. The fourth-order valence-corrected chi connectivity index (χ4v) is 5.41. The number of anilines is 1. The molecule has 5 rings (SSSR count). The van der Waals surface area contributed by atoms with Crippen LogP contribution in [0, 0.1) is 17.3 Å². The van der Waals surface area contributed by atoms with Crippen LogP contribution < -0.4 is 20.7 Å². The predicted octanol–water partition coefficient (Wildman–Crippen LogP) is 2.60. The molecule has 0 unspecified atom stereocenters. The molecule has 2 aromatic carbocycles. The van der Waals surface area contributed by atoms with Gasteiger partial charge >= 0.3 is 0 Å². The van der Waals surface area contributed by atoms with E-state index in [0.29, 0.717) is 28.5 Å². The SMILES string of the molecule is CNC(=O)c1ccc(OCC#Cc2cnc(N3CCC4(CC3)Cc3ccccc3[C@H]4N)c(CO)n2)cc1. The Morgan fingerprint density at radius 2 is 1.97 bits per heavy atom. The van der Waals surface area contributed by atoms with Crippen molar-refractivity contribution < 1.29 is 14.6 Å². The van der Waals surface area contributed by atoms with Crippen LogP contribution in [0.3, 0.4) is 0 Å². The first kappa shape index (κ1) is 24.8. The van der Waals surface area contributed by atoms with Gasteiger partial charge in [0.25, 0.3) is 5.91 Å².